The van der Waals surface area contributed by atoms with E-state index >= 15 is 0 Å². The Bertz CT molecular complexity index is 301. The van der Waals surface area contributed by atoms with Crippen molar-refractivity contribution < 1.29 is 18.7 Å². The number of amides is 2. The van der Waals surface area contributed by atoms with E-state index in [-0.39, 0.29) is 13.0 Å². The van der Waals surface area contributed by atoms with Crippen LogP contribution in [0.25, 0.3) is 0 Å². The number of halogens is 1. The van der Waals surface area contributed by atoms with Gasteiger partial charge in [-0.25, -0.2) is 9.18 Å². The molecule has 1 heterocycles. The molecule has 0 aromatic rings. The van der Waals surface area contributed by atoms with E-state index in [1.54, 1.807) is 20.8 Å². The van der Waals surface area contributed by atoms with E-state index in [0.717, 1.165) is 4.90 Å². The zero-order valence-electron chi connectivity index (χ0n) is 9.70. The van der Waals surface area contributed by atoms with Gasteiger partial charge in [0.1, 0.15) is 17.8 Å². The summed E-state index contributed by atoms with van der Waals surface area (Å²) in [6.07, 6.45) is -1.96. The molecule has 5 nitrogen and oxygen atoms in total. The van der Waals surface area contributed by atoms with E-state index in [0.29, 0.717) is 0 Å². The summed E-state index contributed by atoms with van der Waals surface area (Å²) in [5.74, 6) is -0.703. The van der Waals surface area contributed by atoms with Gasteiger partial charge in [-0.05, 0) is 20.8 Å². The molecule has 1 saturated heterocycles. The Morgan fingerprint density at radius 3 is 2.44 bits per heavy atom. The number of primary amides is 1. The average molecular weight is 232 g/mol. The second kappa shape index (κ2) is 4.27. The Kier molecular flexibility index (Phi) is 3.40. The smallest absolute Gasteiger partial charge is 0.411 e. The van der Waals surface area contributed by atoms with Gasteiger partial charge in [0.15, 0.2) is 0 Å². The fourth-order valence-corrected chi connectivity index (χ4v) is 1.58. The third-order valence-corrected chi connectivity index (χ3v) is 2.21. The molecule has 1 aliphatic rings. The molecule has 1 rings (SSSR count). The maximum Gasteiger partial charge on any atom is 0.411 e. The van der Waals surface area contributed by atoms with Crippen LogP contribution in [0.3, 0.4) is 0 Å². The molecule has 1 aliphatic heterocycles. The summed E-state index contributed by atoms with van der Waals surface area (Å²) in [7, 11) is 0. The van der Waals surface area contributed by atoms with Crippen molar-refractivity contribution in [2.45, 2.75) is 45.0 Å². The number of rotatable bonds is 1. The molecule has 6 heteroatoms. The number of ether oxygens (including phenoxy) is 1. The summed E-state index contributed by atoms with van der Waals surface area (Å²) in [6.45, 7) is 4.97. The Labute approximate surface area is 93.7 Å². The predicted octanol–water partition coefficient (Wildman–Crippen LogP) is 0.819. The van der Waals surface area contributed by atoms with E-state index in [1.165, 1.54) is 0 Å². The minimum Gasteiger partial charge on any atom is -0.444 e. The van der Waals surface area contributed by atoms with Crippen molar-refractivity contribution in [3.05, 3.63) is 0 Å². The summed E-state index contributed by atoms with van der Waals surface area (Å²) in [4.78, 5) is 23.7. The molecular weight excluding hydrogens is 215 g/mol. The maximum atomic E-state index is 13.1. The standard InChI is InChI=1S/C10H17FN2O3/c1-10(2,3)16-9(15)13-5-6(11)4-7(13)8(12)14/h6-7H,4-5H2,1-3H3,(H2,12,14)/t6-,7+/m0/s1. The molecule has 92 valence electrons. The molecule has 1 fully saturated rings. The van der Waals surface area contributed by atoms with Crippen molar-refractivity contribution in [2.75, 3.05) is 6.54 Å². The van der Waals surface area contributed by atoms with Crippen LogP contribution in [0.4, 0.5) is 9.18 Å². The van der Waals surface area contributed by atoms with Gasteiger partial charge in [-0.3, -0.25) is 9.69 Å². The highest BCUT2D eigenvalue weighted by Gasteiger charge is 2.40. The fraction of sp³-hybridized carbons (Fsp3) is 0.800. The second-order valence-corrected chi connectivity index (χ2v) is 4.88. The van der Waals surface area contributed by atoms with E-state index in [1.807, 2.05) is 0 Å². The number of nitrogens with two attached hydrogens (primary N) is 1. The highest BCUT2D eigenvalue weighted by molar-refractivity contribution is 5.85. The first kappa shape index (κ1) is 12.7. The van der Waals surface area contributed by atoms with Crippen LogP contribution in [0.1, 0.15) is 27.2 Å². The molecule has 0 aliphatic carbocycles. The van der Waals surface area contributed by atoms with Crippen molar-refractivity contribution >= 4 is 12.0 Å². The van der Waals surface area contributed by atoms with Crippen LogP contribution >= 0.6 is 0 Å². The Morgan fingerprint density at radius 1 is 1.44 bits per heavy atom. The molecule has 0 aromatic heterocycles. The maximum absolute atomic E-state index is 13.1. The lowest BCUT2D eigenvalue weighted by Crippen LogP contribution is -2.45. The van der Waals surface area contributed by atoms with Crippen LogP contribution in [0, 0.1) is 0 Å². The fourth-order valence-electron chi connectivity index (χ4n) is 1.58. The molecule has 16 heavy (non-hydrogen) atoms. The normalized spacial score (nSPS) is 25.6. The van der Waals surface area contributed by atoms with Crippen molar-refractivity contribution in [2.24, 2.45) is 5.73 Å². The van der Waals surface area contributed by atoms with E-state index in [2.05, 4.69) is 0 Å². The highest BCUT2D eigenvalue weighted by Crippen LogP contribution is 2.22. The molecule has 0 radical (unpaired) electrons. The number of likely N-dealkylation sites (tertiary alicyclic amines) is 1. The van der Waals surface area contributed by atoms with Gasteiger partial charge in [0.25, 0.3) is 0 Å². The second-order valence-electron chi connectivity index (χ2n) is 4.88. The topological polar surface area (TPSA) is 72.6 Å². The molecule has 0 bridgehead atoms. The summed E-state index contributed by atoms with van der Waals surface area (Å²) < 4.78 is 18.2. The van der Waals surface area contributed by atoms with Crippen LogP contribution in [0.5, 0.6) is 0 Å². The number of hydrogen-bond acceptors (Lipinski definition) is 3. The molecule has 2 amide bonds. The Morgan fingerprint density at radius 2 is 2.00 bits per heavy atom. The quantitative estimate of drug-likeness (QED) is 0.727. The number of alkyl halides is 1. The van der Waals surface area contributed by atoms with Crippen molar-refractivity contribution in [3.63, 3.8) is 0 Å². The lowest BCUT2D eigenvalue weighted by Gasteiger charge is -2.26. The number of carbonyl (C=O) groups is 2. The third kappa shape index (κ3) is 3.08. The number of nitrogens with zero attached hydrogens (tertiary/aromatic N) is 1. The van der Waals surface area contributed by atoms with Gasteiger partial charge >= 0.3 is 6.09 Å². The molecular formula is C10H17FN2O3. The monoisotopic (exact) mass is 232 g/mol. The third-order valence-electron chi connectivity index (χ3n) is 2.21. The lowest BCUT2D eigenvalue weighted by atomic mass is 10.2. The molecule has 0 spiro atoms. The largest absolute Gasteiger partial charge is 0.444 e. The van der Waals surface area contributed by atoms with Gasteiger partial charge in [-0.2, -0.15) is 0 Å². The molecule has 2 atom stereocenters. The summed E-state index contributed by atoms with van der Waals surface area (Å²) in [5.41, 5.74) is 4.42. The highest BCUT2D eigenvalue weighted by atomic mass is 19.1. The summed E-state index contributed by atoms with van der Waals surface area (Å²) in [5, 5.41) is 0. The number of carbonyl (C=O) groups excluding carboxylic acids is 2. The van der Waals surface area contributed by atoms with Crippen molar-refractivity contribution in [1.29, 1.82) is 0 Å². The van der Waals surface area contributed by atoms with E-state index in [9.17, 15) is 14.0 Å². The summed E-state index contributed by atoms with van der Waals surface area (Å²) >= 11 is 0. The first-order chi connectivity index (χ1) is 7.20. The van der Waals surface area contributed by atoms with Crippen LogP contribution in [-0.2, 0) is 9.53 Å². The SMILES string of the molecule is CC(C)(C)OC(=O)N1C[C@@H](F)C[C@@H]1C(N)=O. The van der Waals surface area contributed by atoms with Crippen molar-refractivity contribution in [1.82, 2.24) is 4.90 Å². The minimum absolute atomic E-state index is 0.0470. The summed E-state index contributed by atoms with van der Waals surface area (Å²) in [6, 6.07) is -0.898. The molecule has 0 aromatic carbocycles. The zero-order chi connectivity index (χ0) is 12.5. The van der Waals surface area contributed by atoms with Gasteiger partial charge in [0.2, 0.25) is 5.91 Å². The van der Waals surface area contributed by atoms with Gasteiger partial charge < -0.3 is 10.5 Å². The van der Waals surface area contributed by atoms with E-state index in [4.69, 9.17) is 10.5 Å². The van der Waals surface area contributed by atoms with Gasteiger partial charge in [-0.15, -0.1) is 0 Å². The average Bonchev–Trinajstić information content (AvgIpc) is 2.44. The molecule has 0 unspecified atom stereocenters. The van der Waals surface area contributed by atoms with Crippen molar-refractivity contribution in [3.8, 4) is 0 Å². The van der Waals surface area contributed by atoms with Crippen LogP contribution in [0.2, 0.25) is 0 Å². The van der Waals surface area contributed by atoms with Gasteiger partial charge in [-0.1, -0.05) is 0 Å². The first-order valence-electron chi connectivity index (χ1n) is 5.13. The van der Waals surface area contributed by atoms with Gasteiger partial charge in [0, 0.05) is 6.42 Å². The minimum atomic E-state index is -1.22. The molecule has 0 saturated carbocycles. The van der Waals surface area contributed by atoms with Crippen LogP contribution in [-0.4, -0.2) is 41.3 Å². The zero-order valence-corrected chi connectivity index (χ0v) is 9.70. The molecule has 2 N–H and O–H groups in total. The lowest BCUT2D eigenvalue weighted by molar-refractivity contribution is -0.122. The predicted molar refractivity (Wildman–Crippen MR) is 55.4 cm³/mol. The first-order valence-corrected chi connectivity index (χ1v) is 5.13. The van der Waals surface area contributed by atoms with Gasteiger partial charge in [0.05, 0.1) is 6.54 Å². The Hall–Kier alpha value is -1.33. The van der Waals surface area contributed by atoms with Crippen LogP contribution in [0.15, 0.2) is 0 Å². The number of hydrogen-bond donors (Lipinski definition) is 1. The Balaban J connectivity index is 2.71. The van der Waals surface area contributed by atoms with Crippen LogP contribution < -0.4 is 5.73 Å². The van der Waals surface area contributed by atoms with E-state index < -0.39 is 29.8 Å².